The first-order valence-electron chi connectivity index (χ1n) is 6.18. The summed E-state index contributed by atoms with van der Waals surface area (Å²) in [6, 6.07) is 6.09. The van der Waals surface area contributed by atoms with Crippen LogP contribution in [0.4, 0.5) is 4.39 Å². The Hall–Kier alpha value is -2.37. The van der Waals surface area contributed by atoms with Gasteiger partial charge in [0.25, 0.3) is 0 Å². The summed E-state index contributed by atoms with van der Waals surface area (Å²) in [6.45, 7) is 2.04. The molecule has 0 fully saturated rings. The molecule has 0 unspecified atom stereocenters. The minimum atomic E-state index is -0.465. The van der Waals surface area contributed by atoms with Gasteiger partial charge in [-0.15, -0.1) is 0 Å². The van der Waals surface area contributed by atoms with E-state index in [1.165, 1.54) is 23.0 Å². The molecule has 0 radical (unpaired) electrons. The van der Waals surface area contributed by atoms with Gasteiger partial charge in [-0.1, -0.05) is 12.1 Å². The highest BCUT2D eigenvalue weighted by molar-refractivity contribution is 5.90. The molecule has 0 amide bonds. The first-order chi connectivity index (χ1) is 9.63. The average Bonchev–Trinajstić information content (AvgIpc) is 2.79. The number of rotatable bonds is 5. The molecule has 0 atom stereocenters. The molecule has 0 aliphatic carbocycles. The van der Waals surface area contributed by atoms with E-state index < -0.39 is 11.8 Å². The van der Waals surface area contributed by atoms with E-state index in [2.05, 4.69) is 5.10 Å². The van der Waals surface area contributed by atoms with Gasteiger partial charge in [0.15, 0.2) is 11.6 Å². The number of hydrogen-bond donors (Lipinski definition) is 0. The van der Waals surface area contributed by atoms with Crippen LogP contribution >= 0.6 is 0 Å². The van der Waals surface area contributed by atoms with Crippen molar-refractivity contribution in [3.05, 3.63) is 47.5 Å². The molecule has 0 spiro atoms. The molecule has 5 nitrogen and oxygen atoms in total. The Balaban J connectivity index is 2.15. The Kier molecular flexibility index (Phi) is 4.34. The van der Waals surface area contributed by atoms with Crippen molar-refractivity contribution in [3.63, 3.8) is 0 Å². The van der Waals surface area contributed by atoms with Crippen LogP contribution in [0.15, 0.2) is 30.5 Å². The Morgan fingerprint density at radius 1 is 1.40 bits per heavy atom. The molecule has 1 aromatic carbocycles. The van der Waals surface area contributed by atoms with Gasteiger partial charge in [0, 0.05) is 7.05 Å². The van der Waals surface area contributed by atoms with Gasteiger partial charge < -0.3 is 9.47 Å². The second kappa shape index (κ2) is 6.18. The Bertz CT molecular complexity index is 610. The fourth-order valence-electron chi connectivity index (χ4n) is 1.72. The molecular weight excluding hydrogens is 263 g/mol. The summed E-state index contributed by atoms with van der Waals surface area (Å²) in [5.74, 6) is -0.788. The number of halogens is 1. The Morgan fingerprint density at radius 2 is 2.15 bits per heavy atom. The fourth-order valence-corrected chi connectivity index (χ4v) is 1.72. The van der Waals surface area contributed by atoms with Crippen LogP contribution in [0.2, 0.25) is 0 Å². The zero-order chi connectivity index (χ0) is 14.5. The zero-order valence-electron chi connectivity index (χ0n) is 11.3. The molecule has 106 valence electrons. The van der Waals surface area contributed by atoms with E-state index in [0.29, 0.717) is 11.3 Å². The molecule has 0 N–H and O–H groups in total. The van der Waals surface area contributed by atoms with Crippen LogP contribution < -0.4 is 4.74 Å². The predicted octanol–water partition coefficient (Wildman–Crippen LogP) is 2.31. The van der Waals surface area contributed by atoms with Crippen molar-refractivity contribution in [3.8, 4) is 5.75 Å². The lowest BCUT2D eigenvalue weighted by atomic mass is 10.2. The topological polar surface area (TPSA) is 53.3 Å². The summed E-state index contributed by atoms with van der Waals surface area (Å²) in [5, 5.41) is 4.00. The third-order valence-electron chi connectivity index (χ3n) is 2.76. The average molecular weight is 278 g/mol. The lowest BCUT2D eigenvalue weighted by Gasteiger charge is -2.09. The molecular formula is C14H15FN2O3. The van der Waals surface area contributed by atoms with E-state index in [1.807, 2.05) is 0 Å². The van der Waals surface area contributed by atoms with E-state index in [1.54, 1.807) is 26.1 Å². The van der Waals surface area contributed by atoms with Crippen molar-refractivity contribution >= 4 is 5.97 Å². The minimum Gasteiger partial charge on any atom is -0.484 e. The summed E-state index contributed by atoms with van der Waals surface area (Å²) in [5.41, 5.74) is 0.859. The Morgan fingerprint density at radius 3 is 2.85 bits per heavy atom. The van der Waals surface area contributed by atoms with Gasteiger partial charge in [-0.3, -0.25) is 4.68 Å². The maximum atomic E-state index is 13.5. The molecule has 1 aromatic heterocycles. The summed E-state index contributed by atoms with van der Waals surface area (Å²) in [4.78, 5) is 11.8. The van der Waals surface area contributed by atoms with Crippen molar-refractivity contribution in [1.29, 1.82) is 0 Å². The third kappa shape index (κ3) is 2.96. The third-order valence-corrected chi connectivity index (χ3v) is 2.76. The number of esters is 1. The highest BCUT2D eigenvalue weighted by atomic mass is 19.1. The highest BCUT2D eigenvalue weighted by Gasteiger charge is 2.18. The van der Waals surface area contributed by atoms with Crippen molar-refractivity contribution in [2.45, 2.75) is 13.5 Å². The number of nitrogens with zero attached hydrogens (tertiary/aromatic N) is 2. The normalized spacial score (nSPS) is 10.3. The van der Waals surface area contributed by atoms with Crippen LogP contribution in [-0.2, 0) is 18.4 Å². The van der Waals surface area contributed by atoms with E-state index >= 15 is 0 Å². The molecule has 2 aromatic rings. The number of carbonyl (C=O) groups is 1. The van der Waals surface area contributed by atoms with E-state index in [0.717, 1.165) is 0 Å². The van der Waals surface area contributed by atoms with Gasteiger partial charge in [-0.2, -0.15) is 5.10 Å². The standard InChI is InChI=1S/C14H15FN2O3/c1-3-19-14(18)10-8-16-17(2)12(10)9-20-13-7-5-4-6-11(13)15/h4-8H,3,9H2,1-2H3. The maximum Gasteiger partial charge on any atom is 0.341 e. The molecule has 1 heterocycles. The van der Waals surface area contributed by atoms with E-state index in [9.17, 15) is 9.18 Å². The van der Waals surface area contributed by atoms with Crippen molar-refractivity contribution in [2.75, 3.05) is 6.61 Å². The van der Waals surface area contributed by atoms with Gasteiger partial charge in [0.05, 0.1) is 18.5 Å². The van der Waals surface area contributed by atoms with Crippen LogP contribution in [0.25, 0.3) is 0 Å². The number of hydrogen-bond acceptors (Lipinski definition) is 4. The van der Waals surface area contributed by atoms with Gasteiger partial charge in [-0.25, -0.2) is 9.18 Å². The molecule has 2 rings (SSSR count). The Labute approximate surface area is 115 Å². The predicted molar refractivity (Wildman–Crippen MR) is 69.9 cm³/mol. The molecule has 0 saturated heterocycles. The number of aryl methyl sites for hydroxylation is 1. The maximum absolute atomic E-state index is 13.5. The van der Waals surface area contributed by atoms with Crippen LogP contribution in [0.5, 0.6) is 5.75 Å². The number of carbonyl (C=O) groups excluding carboxylic acids is 1. The van der Waals surface area contributed by atoms with Crippen molar-refractivity contribution in [2.24, 2.45) is 7.05 Å². The zero-order valence-corrected chi connectivity index (χ0v) is 11.3. The summed E-state index contributed by atoms with van der Waals surface area (Å²) in [7, 11) is 1.68. The van der Waals surface area contributed by atoms with Gasteiger partial charge in [-0.05, 0) is 19.1 Å². The van der Waals surface area contributed by atoms with Gasteiger partial charge in [0.1, 0.15) is 12.2 Å². The van der Waals surface area contributed by atoms with E-state index in [-0.39, 0.29) is 19.0 Å². The van der Waals surface area contributed by atoms with E-state index in [4.69, 9.17) is 9.47 Å². The summed E-state index contributed by atoms with van der Waals surface area (Å²) in [6.07, 6.45) is 1.41. The lowest BCUT2D eigenvalue weighted by Crippen LogP contribution is -2.11. The lowest BCUT2D eigenvalue weighted by molar-refractivity contribution is 0.0523. The number of ether oxygens (including phenoxy) is 2. The second-order valence-corrected chi connectivity index (χ2v) is 4.07. The monoisotopic (exact) mass is 278 g/mol. The first kappa shape index (κ1) is 14.0. The minimum absolute atomic E-state index is 0.0333. The number of benzene rings is 1. The van der Waals surface area contributed by atoms with Gasteiger partial charge >= 0.3 is 5.97 Å². The molecule has 0 bridgehead atoms. The molecule has 6 heteroatoms. The summed E-state index contributed by atoms with van der Waals surface area (Å²) >= 11 is 0. The van der Waals surface area contributed by atoms with Crippen molar-refractivity contribution < 1.29 is 18.7 Å². The summed E-state index contributed by atoms with van der Waals surface area (Å²) < 4.78 is 25.3. The van der Waals surface area contributed by atoms with Crippen LogP contribution in [0.1, 0.15) is 23.0 Å². The highest BCUT2D eigenvalue weighted by Crippen LogP contribution is 2.18. The van der Waals surface area contributed by atoms with Crippen LogP contribution in [0.3, 0.4) is 0 Å². The second-order valence-electron chi connectivity index (χ2n) is 4.07. The van der Waals surface area contributed by atoms with Gasteiger partial charge in [0.2, 0.25) is 0 Å². The molecule has 0 aliphatic heterocycles. The molecule has 0 saturated carbocycles. The SMILES string of the molecule is CCOC(=O)c1cnn(C)c1COc1ccccc1F. The first-order valence-corrected chi connectivity index (χ1v) is 6.18. The van der Waals surface area contributed by atoms with Crippen LogP contribution in [-0.4, -0.2) is 22.4 Å². The largest absolute Gasteiger partial charge is 0.484 e. The van der Waals surface area contributed by atoms with Crippen molar-refractivity contribution in [1.82, 2.24) is 9.78 Å². The fraction of sp³-hybridized carbons (Fsp3) is 0.286. The quantitative estimate of drug-likeness (QED) is 0.788. The molecule has 0 aliphatic rings. The number of aromatic nitrogens is 2. The van der Waals surface area contributed by atoms with Crippen LogP contribution in [0, 0.1) is 5.82 Å². The number of para-hydroxylation sites is 1. The molecule has 20 heavy (non-hydrogen) atoms. The smallest absolute Gasteiger partial charge is 0.341 e.